The third-order valence-electron chi connectivity index (χ3n) is 5.10. The molecule has 1 heterocycles. The zero-order valence-corrected chi connectivity index (χ0v) is 17.5. The number of sulfone groups is 1. The van der Waals surface area contributed by atoms with Gasteiger partial charge in [0.25, 0.3) is 0 Å². The monoisotopic (exact) mass is 404 g/mol. The summed E-state index contributed by atoms with van der Waals surface area (Å²) in [5.74, 6) is 1.30. The molecule has 0 saturated heterocycles. The van der Waals surface area contributed by atoms with Crippen molar-refractivity contribution < 1.29 is 17.9 Å². The highest BCUT2D eigenvalue weighted by atomic mass is 32.2. The molecule has 0 radical (unpaired) electrons. The number of nitrogens with zero attached hydrogens (tertiary/aromatic N) is 1. The van der Waals surface area contributed by atoms with Crippen LogP contribution in [0.1, 0.15) is 35.2 Å². The zero-order valence-electron chi connectivity index (χ0n) is 16.6. The first-order valence-electron chi connectivity index (χ1n) is 9.38. The molecule has 1 atom stereocenters. The lowest BCUT2D eigenvalue weighted by atomic mass is 10.0. The Kier molecular flexibility index (Phi) is 6.27. The first-order valence-corrected chi connectivity index (χ1v) is 11.4. The van der Waals surface area contributed by atoms with Crippen LogP contribution in [0.4, 0.5) is 0 Å². The number of hydrogen-bond donors (Lipinski definition) is 1. The van der Waals surface area contributed by atoms with Crippen LogP contribution in [0.2, 0.25) is 0 Å². The quantitative estimate of drug-likeness (QED) is 0.728. The standard InChI is InChI=1S/C21H28N2O4S/c1-4-27-21-10-15(8-9-20(21)26-2)19(14-28(3,24)25)23-12-17-7-5-6-16(11-22)18(17)13-23/h5-10,19H,4,11-14,22H2,1-3H3. The second kappa shape index (κ2) is 8.51. The van der Waals surface area contributed by atoms with E-state index in [0.717, 1.165) is 11.1 Å². The van der Waals surface area contributed by atoms with Gasteiger partial charge in [0.15, 0.2) is 11.5 Å². The number of nitrogens with two attached hydrogens (primary N) is 1. The van der Waals surface area contributed by atoms with Crippen molar-refractivity contribution in [2.75, 3.05) is 25.7 Å². The molecule has 0 aliphatic carbocycles. The molecule has 2 aromatic carbocycles. The van der Waals surface area contributed by atoms with Crippen LogP contribution in [0, 0.1) is 0 Å². The summed E-state index contributed by atoms with van der Waals surface area (Å²) in [5, 5.41) is 0. The number of ether oxygens (including phenoxy) is 2. The van der Waals surface area contributed by atoms with E-state index < -0.39 is 9.84 Å². The van der Waals surface area contributed by atoms with Gasteiger partial charge in [-0.1, -0.05) is 24.3 Å². The minimum atomic E-state index is -3.19. The van der Waals surface area contributed by atoms with E-state index in [4.69, 9.17) is 15.2 Å². The summed E-state index contributed by atoms with van der Waals surface area (Å²) in [4.78, 5) is 2.20. The molecule has 2 aromatic rings. The number of hydrogen-bond acceptors (Lipinski definition) is 6. The van der Waals surface area contributed by atoms with E-state index in [-0.39, 0.29) is 11.8 Å². The van der Waals surface area contributed by atoms with E-state index >= 15 is 0 Å². The van der Waals surface area contributed by atoms with E-state index in [1.807, 2.05) is 37.3 Å². The highest BCUT2D eigenvalue weighted by Crippen LogP contribution is 2.37. The Morgan fingerprint density at radius 1 is 1.18 bits per heavy atom. The topological polar surface area (TPSA) is 81.9 Å². The van der Waals surface area contributed by atoms with Crippen LogP contribution in [0.25, 0.3) is 0 Å². The molecule has 7 heteroatoms. The third-order valence-corrected chi connectivity index (χ3v) is 6.02. The highest BCUT2D eigenvalue weighted by molar-refractivity contribution is 7.90. The summed E-state index contributed by atoms with van der Waals surface area (Å²) >= 11 is 0. The minimum absolute atomic E-state index is 0.0385. The van der Waals surface area contributed by atoms with Gasteiger partial charge in [-0.25, -0.2) is 8.42 Å². The molecule has 28 heavy (non-hydrogen) atoms. The lowest BCUT2D eigenvalue weighted by Gasteiger charge is -2.28. The third kappa shape index (κ3) is 4.48. The molecule has 1 unspecified atom stereocenters. The van der Waals surface area contributed by atoms with Gasteiger partial charge in [0.2, 0.25) is 0 Å². The van der Waals surface area contributed by atoms with E-state index in [1.54, 1.807) is 7.11 Å². The van der Waals surface area contributed by atoms with Crippen molar-refractivity contribution in [3.8, 4) is 11.5 Å². The van der Waals surface area contributed by atoms with Crippen LogP contribution < -0.4 is 15.2 Å². The van der Waals surface area contributed by atoms with Crippen molar-refractivity contribution >= 4 is 9.84 Å². The molecule has 0 saturated carbocycles. The van der Waals surface area contributed by atoms with Gasteiger partial charge in [-0.05, 0) is 41.3 Å². The normalized spacial score (nSPS) is 15.3. The predicted molar refractivity (Wildman–Crippen MR) is 110 cm³/mol. The Labute approximate surface area is 167 Å². The average Bonchev–Trinajstić information content (AvgIpc) is 3.09. The maximum Gasteiger partial charge on any atom is 0.161 e. The van der Waals surface area contributed by atoms with E-state index in [9.17, 15) is 8.42 Å². The molecule has 6 nitrogen and oxygen atoms in total. The summed E-state index contributed by atoms with van der Waals surface area (Å²) in [6.07, 6.45) is 1.28. The largest absolute Gasteiger partial charge is 0.493 e. The Balaban J connectivity index is 1.98. The second-order valence-corrected chi connectivity index (χ2v) is 9.30. The zero-order chi connectivity index (χ0) is 20.3. The smallest absolute Gasteiger partial charge is 0.161 e. The Morgan fingerprint density at radius 3 is 2.61 bits per heavy atom. The van der Waals surface area contributed by atoms with Crippen LogP contribution in [-0.4, -0.2) is 39.0 Å². The van der Waals surface area contributed by atoms with Crippen molar-refractivity contribution in [1.29, 1.82) is 0 Å². The fourth-order valence-corrected chi connectivity index (χ4v) is 4.77. The number of fused-ring (bicyclic) bond motifs is 1. The lowest BCUT2D eigenvalue weighted by Crippen LogP contribution is -2.29. The van der Waals surface area contributed by atoms with Crippen LogP contribution >= 0.6 is 0 Å². The molecule has 0 fully saturated rings. The first-order chi connectivity index (χ1) is 13.4. The van der Waals surface area contributed by atoms with Gasteiger partial charge >= 0.3 is 0 Å². The van der Waals surface area contributed by atoms with Crippen molar-refractivity contribution in [2.45, 2.75) is 32.6 Å². The maximum absolute atomic E-state index is 12.2. The maximum atomic E-state index is 12.2. The summed E-state index contributed by atoms with van der Waals surface area (Å²) < 4.78 is 35.5. The van der Waals surface area contributed by atoms with Crippen molar-refractivity contribution in [1.82, 2.24) is 4.90 Å². The highest BCUT2D eigenvalue weighted by Gasteiger charge is 2.31. The number of methoxy groups -OCH3 is 1. The van der Waals surface area contributed by atoms with Gasteiger partial charge in [0, 0.05) is 31.9 Å². The summed E-state index contributed by atoms with van der Waals surface area (Å²) in [7, 11) is -1.60. The Morgan fingerprint density at radius 2 is 1.96 bits per heavy atom. The predicted octanol–water partition coefficient (Wildman–Crippen LogP) is 2.65. The SMILES string of the molecule is CCOc1cc(C(CS(C)(=O)=O)N2Cc3cccc(CN)c3C2)ccc1OC. The van der Waals surface area contributed by atoms with Crippen molar-refractivity contribution in [3.63, 3.8) is 0 Å². The Bertz CT molecular complexity index is 943. The summed E-state index contributed by atoms with van der Waals surface area (Å²) in [6, 6.07) is 11.5. The fraction of sp³-hybridized carbons (Fsp3) is 0.429. The molecule has 2 N–H and O–H groups in total. The van der Waals surface area contributed by atoms with Gasteiger partial charge < -0.3 is 15.2 Å². The molecule has 0 bridgehead atoms. The molecule has 0 spiro atoms. The van der Waals surface area contributed by atoms with Crippen LogP contribution in [0.5, 0.6) is 11.5 Å². The van der Waals surface area contributed by atoms with E-state index in [2.05, 4.69) is 11.0 Å². The van der Waals surface area contributed by atoms with Crippen molar-refractivity contribution in [2.24, 2.45) is 5.73 Å². The van der Waals surface area contributed by atoms with Crippen LogP contribution in [-0.2, 0) is 29.5 Å². The van der Waals surface area contributed by atoms with Gasteiger partial charge in [0.1, 0.15) is 9.84 Å². The fourth-order valence-electron chi connectivity index (χ4n) is 3.80. The summed E-state index contributed by atoms with van der Waals surface area (Å²) in [5.41, 5.74) is 10.3. The lowest BCUT2D eigenvalue weighted by molar-refractivity contribution is 0.215. The molecule has 0 amide bonds. The molecule has 1 aliphatic rings. The van der Waals surface area contributed by atoms with Gasteiger partial charge in [-0.15, -0.1) is 0 Å². The van der Waals surface area contributed by atoms with Crippen LogP contribution in [0.15, 0.2) is 36.4 Å². The van der Waals surface area contributed by atoms with Crippen LogP contribution in [0.3, 0.4) is 0 Å². The Hall–Kier alpha value is -2.09. The molecule has 1 aliphatic heterocycles. The van der Waals surface area contributed by atoms with Gasteiger partial charge in [0.05, 0.1) is 19.5 Å². The molecular weight excluding hydrogens is 376 g/mol. The first kappa shape index (κ1) is 20.6. The van der Waals surface area contributed by atoms with Crippen molar-refractivity contribution in [3.05, 3.63) is 58.7 Å². The van der Waals surface area contributed by atoms with E-state index in [1.165, 1.54) is 17.4 Å². The summed E-state index contributed by atoms with van der Waals surface area (Å²) in [6.45, 7) is 4.26. The number of rotatable bonds is 8. The molecular formula is C21H28N2O4S. The molecule has 3 rings (SSSR count). The number of benzene rings is 2. The molecule has 152 valence electrons. The second-order valence-electron chi connectivity index (χ2n) is 7.12. The molecule has 0 aromatic heterocycles. The average molecular weight is 405 g/mol. The minimum Gasteiger partial charge on any atom is -0.493 e. The van der Waals surface area contributed by atoms with E-state index in [0.29, 0.717) is 37.7 Å². The van der Waals surface area contributed by atoms with Gasteiger partial charge in [-0.3, -0.25) is 4.90 Å². The van der Waals surface area contributed by atoms with Gasteiger partial charge in [-0.2, -0.15) is 0 Å².